The molecule has 7 nitrogen and oxygen atoms in total. The maximum absolute atomic E-state index is 12.1. The molecule has 0 aliphatic carbocycles. The number of aromatic nitrogens is 4. The van der Waals surface area contributed by atoms with Gasteiger partial charge in [0.1, 0.15) is 5.76 Å². The minimum absolute atomic E-state index is 0.227. The van der Waals surface area contributed by atoms with E-state index in [-0.39, 0.29) is 11.6 Å². The van der Waals surface area contributed by atoms with E-state index < -0.39 is 0 Å². The molecule has 3 heterocycles. The molecule has 124 valence electrons. The lowest BCUT2D eigenvalue weighted by atomic mass is 10.1. The van der Waals surface area contributed by atoms with E-state index in [4.69, 9.17) is 4.52 Å². The van der Waals surface area contributed by atoms with Gasteiger partial charge in [-0.3, -0.25) is 14.5 Å². The van der Waals surface area contributed by atoms with Crippen molar-refractivity contribution in [3.63, 3.8) is 0 Å². The summed E-state index contributed by atoms with van der Waals surface area (Å²) >= 11 is 0. The lowest BCUT2D eigenvalue weighted by Crippen LogP contribution is -2.13. The SMILES string of the molecule is Cc1cc(C(=O)Nc2ccn(Cc3cccc4cccnc34)n2)no1. The van der Waals surface area contributed by atoms with Gasteiger partial charge in [-0.2, -0.15) is 5.10 Å². The topological polar surface area (TPSA) is 85.8 Å². The second-order valence-corrected chi connectivity index (χ2v) is 5.67. The first-order chi connectivity index (χ1) is 12.2. The van der Waals surface area contributed by atoms with E-state index >= 15 is 0 Å². The number of carbonyl (C=O) groups is 1. The van der Waals surface area contributed by atoms with Crippen LogP contribution in [-0.2, 0) is 6.54 Å². The van der Waals surface area contributed by atoms with E-state index in [1.165, 1.54) is 0 Å². The number of hydrogen-bond donors (Lipinski definition) is 1. The molecule has 0 unspecified atom stereocenters. The van der Waals surface area contributed by atoms with Crippen LogP contribution in [0.25, 0.3) is 10.9 Å². The molecule has 0 aliphatic rings. The van der Waals surface area contributed by atoms with Gasteiger partial charge in [-0.25, -0.2) is 0 Å². The first-order valence-corrected chi connectivity index (χ1v) is 7.80. The van der Waals surface area contributed by atoms with Crippen molar-refractivity contribution < 1.29 is 9.32 Å². The zero-order valence-electron chi connectivity index (χ0n) is 13.5. The number of rotatable bonds is 4. The fraction of sp³-hybridized carbons (Fsp3) is 0.111. The number of pyridine rings is 1. The van der Waals surface area contributed by atoms with Crippen molar-refractivity contribution >= 4 is 22.6 Å². The number of benzene rings is 1. The number of nitrogens with one attached hydrogen (secondary N) is 1. The van der Waals surface area contributed by atoms with Crippen molar-refractivity contribution in [1.82, 2.24) is 19.9 Å². The Bertz CT molecular complexity index is 1050. The van der Waals surface area contributed by atoms with Crippen LogP contribution in [0.1, 0.15) is 21.8 Å². The van der Waals surface area contributed by atoms with E-state index in [0.717, 1.165) is 16.5 Å². The van der Waals surface area contributed by atoms with Crippen molar-refractivity contribution in [1.29, 1.82) is 0 Å². The number of nitrogens with zero attached hydrogens (tertiary/aromatic N) is 4. The van der Waals surface area contributed by atoms with Crippen LogP contribution in [0.3, 0.4) is 0 Å². The molecule has 4 aromatic rings. The lowest BCUT2D eigenvalue weighted by Gasteiger charge is -2.06. The quantitative estimate of drug-likeness (QED) is 0.620. The number of amides is 1. The highest BCUT2D eigenvalue weighted by atomic mass is 16.5. The normalized spacial score (nSPS) is 10.9. The summed E-state index contributed by atoms with van der Waals surface area (Å²) in [6.07, 6.45) is 3.59. The van der Waals surface area contributed by atoms with E-state index in [1.807, 2.05) is 36.5 Å². The lowest BCUT2D eigenvalue weighted by molar-refractivity contribution is 0.101. The van der Waals surface area contributed by atoms with Crippen LogP contribution in [0.15, 0.2) is 59.4 Å². The zero-order valence-corrected chi connectivity index (χ0v) is 13.5. The number of para-hydroxylation sites is 1. The van der Waals surface area contributed by atoms with Gasteiger partial charge in [0.05, 0.1) is 12.1 Å². The van der Waals surface area contributed by atoms with Gasteiger partial charge >= 0.3 is 0 Å². The third kappa shape index (κ3) is 3.12. The second-order valence-electron chi connectivity index (χ2n) is 5.67. The summed E-state index contributed by atoms with van der Waals surface area (Å²) in [6.45, 7) is 2.30. The molecule has 0 radical (unpaired) electrons. The van der Waals surface area contributed by atoms with Gasteiger partial charge in [0.15, 0.2) is 11.5 Å². The number of hydrogen-bond acceptors (Lipinski definition) is 5. The van der Waals surface area contributed by atoms with Gasteiger partial charge in [-0.1, -0.05) is 29.4 Å². The summed E-state index contributed by atoms with van der Waals surface area (Å²) in [7, 11) is 0. The van der Waals surface area contributed by atoms with Crippen LogP contribution in [0, 0.1) is 6.92 Å². The molecule has 1 aromatic carbocycles. The van der Waals surface area contributed by atoms with Crippen molar-refractivity contribution in [2.24, 2.45) is 0 Å². The smallest absolute Gasteiger partial charge is 0.279 e. The maximum Gasteiger partial charge on any atom is 0.279 e. The molecule has 0 saturated heterocycles. The van der Waals surface area contributed by atoms with Gasteiger partial charge in [-0.05, 0) is 18.6 Å². The summed E-state index contributed by atoms with van der Waals surface area (Å²) in [5.74, 6) is 0.687. The highest BCUT2D eigenvalue weighted by molar-refractivity contribution is 6.02. The fourth-order valence-electron chi connectivity index (χ4n) is 2.64. The van der Waals surface area contributed by atoms with Gasteiger partial charge in [0.2, 0.25) is 0 Å². The third-order valence-corrected chi connectivity index (χ3v) is 3.79. The Kier molecular flexibility index (Phi) is 3.74. The molecule has 1 amide bonds. The standard InChI is InChI=1S/C18H15N5O2/c1-12-10-15(22-25-12)18(24)20-16-7-9-23(21-16)11-14-5-2-4-13-6-3-8-19-17(13)14/h2-10H,11H2,1H3,(H,20,21,24). The van der Waals surface area contributed by atoms with Crippen LogP contribution in [0.2, 0.25) is 0 Å². The molecule has 3 aromatic heterocycles. The molecule has 25 heavy (non-hydrogen) atoms. The minimum Gasteiger partial charge on any atom is -0.361 e. The Morgan fingerprint density at radius 3 is 2.96 bits per heavy atom. The summed E-state index contributed by atoms with van der Waals surface area (Å²) in [6, 6.07) is 13.3. The summed E-state index contributed by atoms with van der Waals surface area (Å²) in [4.78, 5) is 16.5. The molecule has 0 aliphatic heterocycles. The molecule has 0 saturated carbocycles. The summed E-state index contributed by atoms with van der Waals surface area (Å²) in [5.41, 5.74) is 2.24. The Morgan fingerprint density at radius 2 is 2.12 bits per heavy atom. The van der Waals surface area contributed by atoms with E-state index in [0.29, 0.717) is 18.1 Å². The molecule has 0 atom stereocenters. The van der Waals surface area contributed by atoms with Gasteiger partial charge in [-0.15, -0.1) is 0 Å². The number of aryl methyl sites for hydroxylation is 1. The van der Waals surface area contributed by atoms with Crippen molar-refractivity contribution in [3.8, 4) is 0 Å². The van der Waals surface area contributed by atoms with Crippen molar-refractivity contribution in [2.75, 3.05) is 5.32 Å². The largest absolute Gasteiger partial charge is 0.361 e. The molecule has 0 bridgehead atoms. The molecule has 7 heteroatoms. The van der Waals surface area contributed by atoms with Crippen molar-refractivity contribution in [2.45, 2.75) is 13.5 Å². The molecule has 0 spiro atoms. The molecule has 4 rings (SSSR count). The van der Waals surface area contributed by atoms with Crippen LogP contribution in [0.5, 0.6) is 0 Å². The summed E-state index contributed by atoms with van der Waals surface area (Å²) < 4.78 is 6.66. The number of fused-ring (bicyclic) bond motifs is 1. The fourth-order valence-corrected chi connectivity index (χ4v) is 2.64. The first-order valence-electron chi connectivity index (χ1n) is 7.80. The van der Waals surface area contributed by atoms with Crippen molar-refractivity contribution in [3.05, 3.63) is 71.9 Å². The predicted octanol–water partition coefficient (Wildman–Crippen LogP) is 3.03. The van der Waals surface area contributed by atoms with Crippen LogP contribution < -0.4 is 5.32 Å². The zero-order chi connectivity index (χ0) is 17.2. The van der Waals surface area contributed by atoms with Crippen LogP contribution >= 0.6 is 0 Å². The first kappa shape index (κ1) is 15.1. The Balaban J connectivity index is 1.52. The van der Waals surface area contributed by atoms with Gasteiger partial charge in [0.25, 0.3) is 5.91 Å². The Hall–Kier alpha value is -3.48. The maximum atomic E-state index is 12.1. The molecular formula is C18H15N5O2. The molecule has 1 N–H and O–H groups in total. The average molecular weight is 333 g/mol. The third-order valence-electron chi connectivity index (χ3n) is 3.79. The highest BCUT2D eigenvalue weighted by Gasteiger charge is 2.12. The highest BCUT2D eigenvalue weighted by Crippen LogP contribution is 2.17. The second kappa shape index (κ2) is 6.20. The monoisotopic (exact) mass is 333 g/mol. The average Bonchev–Trinajstić information content (AvgIpc) is 3.24. The van der Waals surface area contributed by atoms with Gasteiger partial charge in [0, 0.05) is 29.9 Å². The number of carbonyl (C=O) groups excluding carboxylic acids is 1. The van der Waals surface area contributed by atoms with E-state index in [1.54, 1.807) is 29.9 Å². The molecule has 0 fully saturated rings. The number of anilines is 1. The Morgan fingerprint density at radius 1 is 1.24 bits per heavy atom. The minimum atomic E-state index is -0.353. The Labute approximate surface area is 143 Å². The summed E-state index contributed by atoms with van der Waals surface area (Å²) in [5, 5.41) is 11.9. The predicted molar refractivity (Wildman–Crippen MR) is 92.3 cm³/mol. The van der Waals surface area contributed by atoms with Gasteiger partial charge < -0.3 is 9.84 Å². The van der Waals surface area contributed by atoms with Crippen LogP contribution in [0.4, 0.5) is 5.82 Å². The van der Waals surface area contributed by atoms with E-state index in [2.05, 4.69) is 20.6 Å². The van der Waals surface area contributed by atoms with E-state index in [9.17, 15) is 4.79 Å². The van der Waals surface area contributed by atoms with Crippen LogP contribution in [-0.4, -0.2) is 25.8 Å². The molecular weight excluding hydrogens is 318 g/mol.